The first kappa shape index (κ1) is 17.2. The zero-order valence-electron chi connectivity index (χ0n) is 16.0. The number of nitrogens with zero attached hydrogens (tertiary/aromatic N) is 1. The summed E-state index contributed by atoms with van der Waals surface area (Å²) in [7, 11) is 1.83. The number of hydrogen-bond donors (Lipinski definition) is 1. The maximum atomic E-state index is 14.3. The van der Waals surface area contributed by atoms with Crippen LogP contribution in [0.3, 0.4) is 0 Å². The summed E-state index contributed by atoms with van der Waals surface area (Å²) in [6, 6.07) is 5.70. The average molecular weight is 372 g/mol. The lowest BCUT2D eigenvalue weighted by Crippen LogP contribution is -2.66. The van der Waals surface area contributed by atoms with Crippen molar-refractivity contribution in [3.8, 4) is 0 Å². The number of amides is 1. The number of carbonyl (C=O) groups is 1. The number of aromatic nitrogens is 1. The smallest absolute Gasteiger partial charge is 0.223 e. The van der Waals surface area contributed by atoms with Crippen molar-refractivity contribution >= 4 is 16.8 Å². The molecule has 2 saturated heterocycles. The standard InChI is InChI=1S/C22H27FN2O2.H2/c1-13(17-12-24-19-5-3-4-18(23)21(17)19)6-20(26)25-15-7-14-8-16(25)11-22(9-14,10-15)27-2;/h3-5,12-16,24H,6-11H2,1-2H3;1H. The number of methoxy groups -OCH3 is 1. The molecule has 3 heterocycles. The van der Waals surface area contributed by atoms with Crippen molar-refractivity contribution in [3.63, 3.8) is 0 Å². The van der Waals surface area contributed by atoms with Crippen molar-refractivity contribution in [3.05, 3.63) is 35.8 Å². The van der Waals surface area contributed by atoms with Gasteiger partial charge in [-0.05, 0) is 61.6 Å². The number of aromatic amines is 1. The van der Waals surface area contributed by atoms with Gasteiger partial charge in [-0.15, -0.1) is 0 Å². The molecule has 5 heteroatoms. The van der Waals surface area contributed by atoms with Gasteiger partial charge in [-0.1, -0.05) is 13.0 Å². The Morgan fingerprint density at radius 2 is 2.11 bits per heavy atom. The van der Waals surface area contributed by atoms with Crippen LogP contribution in [0.1, 0.15) is 58.4 Å². The van der Waals surface area contributed by atoms with Crippen LogP contribution in [0.5, 0.6) is 0 Å². The number of nitrogens with one attached hydrogen (secondary N) is 1. The molecule has 1 aromatic carbocycles. The van der Waals surface area contributed by atoms with E-state index in [1.54, 1.807) is 6.07 Å². The van der Waals surface area contributed by atoms with Crippen LogP contribution < -0.4 is 0 Å². The minimum absolute atomic E-state index is 0. The molecule has 4 nitrogen and oxygen atoms in total. The summed E-state index contributed by atoms with van der Waals surface area (Å²) in [5.41, 5.74) is 1.69. The first-order valence-electron chi connectivity index (χ1n) is 10.1. The second-order valence-electron chi connectivity index (χ2n) is 8.96. The quantitative estimate of drug-likeness (QED) is 0.852. The Morgan fingerprint density at radius 3 is 2.81 bits per heavy atom. The van der Waals surface area contributed by atoms with Gasteiger partial charge in [-0.2, -0.15) is 0 Å². The normalized spacial score (nSPS) is 33.0. The maximum absolute atomic E-state index is 14.3. The van der Waals surface area contributed by atoms with Crippen molar-refractivity contribution in [1.29, 1.82) is 0 Å². The number of rotatable bonds is 4. The Bertz CT molecular complexity index is 882. The molecule has 3 atom stereocenters. The molecular formula is C22H29FN2O2. The van der Waals surface area contributed by atoms with Crippen LogP contribution in [0.2, 0.25) is 0 Å². The minimum atomic E-state index is -0.222. The van der Waals surface area contributed by atoms with Crippen molar-refractivity contribution in [2.24, 2.45) is 5.92 Å². The molecule has 2 aromatic rings. The maximum Gasteiger partial charge on any atom is 0.223 e. The molecule has 4 aliphatic rings. The fourth-order valence-electron chi connectivity index (χ4n) is 6.24. The minimum Gasteiger partial charge on any atom is -0.378 e. The van der Waals surface area contributed by atoms with Crippen LogP contribution in [-0.4, -0.2) is 40.6 Å². The number of carbonyl (C=O) groups excluding carboxylic acids is 1. The first-order valence-corrected chi connectivity index (χ1v) is 10.1. The molecule has 0 radical (unpaired) electrons. The number of piperidine rings is 2. The SMILES string of the molecule is COC12CC3CC(C1)N(C(=O)CC(C)c1c[nH]c4cccc(F)c14)C(C3)C2.[HH]. The Labute approximate surface area is 160 Å². The summed E-state index contributed by atoms with van der Waals surface area (Å²) in [5.74, 6) is 0.677. The molecule has 3 unspecified atom stereocenters. The highest BCUT2D eigenvalue weighted by molar-refractivity contribution is 5.86. The lowest BCUT2D eigenvalue weighted by atomic mass is 9.61. The zero-order chi connectivity index (χ0) is 18.8. The number of fused-ring (bicyclic) bond motifs is 1. The van der Waals surface area contributed by atoms with Crippen LogP contribution in [0.4, 0.5) is 4.39 Å². The lowest BCUT2D eigenvalue weighted by molar-refractivity contribution is -0.183. The van der Waals surface area contributed by atoms with E-state index in [1.165, 1.54) is 6.07 Å². The second kappa shape index (κ2) is 6.06. The van der Waals surface area contributed by atoms with E-state index >= 15 is 0 Å². The Morgan fingerprint density at radius 1 is 1.37 bits per heavy atom. The molecular weight excluding hydrogens is 343 g/mol. The van der Waals surface area contributed by atoms with Crippen LogP contribution in [0.25, 0.3) is 10.9 Å². The Balaban J connectivity index is 0.00000192. The monoisotopic (exact) mass is 372 g/mol. The van der Waals surface area contributed by atoms with Gasteiger partial charge in [0.2, 0.25) is 5.91 Å². The van der Waals surface area contributed by atoms with Crippen molar-refractivity contribution in [1.82, 2.24) is 9.88 Å². The molecule has 6 rings (SSSR count). The topological polar surface area (TPSA) is 45.3 Å². The van der Waals surface area contributed by atoms with Crippen LogP contribution in [-0.2, 0) is 9.53 Å². The van der Waals surface area contributed by atoms with Gasteiger partial charge in [0.25, 0.3) is 0 Å². The Kier molecular flexibility index (Phi) is 3.87. The Hall–Kier alpha value is -1.88. The summed E-state index contributed by atoms with van der Waals surface area (Å²) in [6.45, 7) is 2.03. The van der Waals surface area contributed by atoms with E-state index in [0.717, 1.165) is 43.2 Å². The molecule has 2 aliphatic carbocycles. The average Bonchev–Trinajstić information content (AvgIpc) is 3.06. The third-order valence-electron chi connectivity index (χ3n) is 7.29. The number of benzene rings is 1. The first-order chi connectivity index (χ1) is 13.0. The molecule has 1 N–H and O–H groups in total. The third kappa shape index (κ3) is 2.62. The summed E-state index contributed by atoms with van der Waals surface area (Å²) in [5, 5.41) is 0.621. The van der Waals surface area contributed by atoms with E-state index in [9.17, 15) is 9.18 Å². The van der Waals surface area contributed by atoms with Crippen LogP contribution in [0, 0.1) is 11.7 Å². The number of halogens is 1. The predicted molar refractivity (Wildman–Crippen MR) is 104 cm³/mol. The van der Waals surface area contributed by atoms with Gasteiger partial charge in [0.15, 0.2) is 0 Å². The third-order valence-corrected chi connectivity index (χ3v) is 7.29. The number of ether oxygens (including phenoxy) is 1. The molecule has 0 spiro atoms. The van der Waals surface area contributed by atoms with E-state index in [-0.39, 0.29) is 24.7 Å². The summed E-state index contributed by atoms with van der Waals surface area (Å²) in [6.07, 6.45) is 7.61. The highest BCUT2D eigenvalue weighted by Gasteiger charge is 2.55. The molecule has 2 saturated carbocycles. The van der Waals surface area contributed by atoms with Crippen molar-refractivity contribution in [2.45, 2.75) is 69.1 Å². The van der Waals surface area contributed by atoms with Crippen molar-refractivity contribution in [2.75, 3.05) is 7.11 Å². The number of hydrogen-bond acceptors (Lipinski definition) is 2. The molecule has 146 valence electrons. The highest BCUT2D eigenvalue weighted by atomic mass is 19.1. The fraction of sp³-hybridized carbons (Fsp3) is 0.591. The van der Waals surface area contributed by atoms with E-state index in [4.69, 9.17) is 4.74 Å². The van der Waals surface area contributed by atoms with Gasteiger partial charge in [-0.3, -0.25) is 4.79 Å². The lowest BCUT2D eigenvalue weighted by Gasteiger charge is -2.61. The van der Waals surface area contributed by atoms with E-state index in [1.807, 2.05) is 26.3 Å². The molecule has 1 amide bonds. The summed E-state index contributed by atoms with van der Waals surface area (Å²) in [4.78, 5) is 18.5. The molecule has 4 fully saturated rings. The summed E-state index contributed by atoms with van der Waals surface area (Å²) < 4.78 is 20.2. The van der Waals surface area contributed by atoms with E-state index in [2.05, 4.69) is 9.88 Å². The van der Waals surface area contributed by atoms with Crippen molar-refractivity contribution < 1.29 is 15.3 Å². The van der Waals surface area contributed by atoms with Gasteiger partial charge in [0.1, 0.15) is 5.82 Å². The summed E-state index contributed by atoms with van der Waals surface area (Å²) >= 11 is 0. The zero-order valence-corrected chi connectivity index (χ0v) is 16.0. The molecule has 1 aromatic heterocycles. The van der Waals surface area contributed by atoms with E-state index in [0.29, 0.717) is 29.8 Å². The van der Waals surface area contributed by atoms with Gasteiger partial charge in [0, 0.05) is 44.1 Å². The predicted octanol–water partition coefficient (Wildman–Crippen LogP) is 4.61. The second-order valence-corrected chi connectivity index (χ2v) is 8.96. The number of H-pyrrole nitrogens is 1. The molecule has 27 heavy (non-hydrogen) atoms. The van der Waals surface area contributed by atoms with Gasteiger partial charge in [-0.25, -0.2) is 4.39 Å². The molecule has 4 bridgehead atoms. The largest absolute Gasteiger partial charge is 0.378 e. The fourth-order valence-corrected chi connectivity index (χ4v) is 6.24. The van der Waals surface area contributed by atoms with Gasteiger partial charge < -0.3 is 14.6 Å². The van der Waals surface area contributed by atoms with Crippen LogP contribution >= 0.6 is 0 Å². The van der Waals surface area contributed by atoms with Crippen LogP contribution in [0.15, 0.2) is 24.4 Å². The highest BCUT2D eigenvalue weighted by Crippen LogP contribution is 2.53. The van der Waals surface area contributed by atoms with Gasteiger partial charge in [0.05, 0.1) is 5.60 Å². The molecule has 2 aliphatic heterocycles. The van der Waals surface area contributed by atoms with Gasteiger partial charge >= 0.3 is 0 Å². The van der Waals surface area contributed by atoms with E-state index < -0.39 is 0 Å².